The number of hydrogen-bond acceptors (Lipinski definition) is 10. The van der Waals surface area contributed by atoms with Crippen molar-refractivity contribution in [2.75, 3.05) is 13.2 Å². The summed E-state index contributed by atoms with van der Waals surface area (Å²) in [5, 5.41) is 0. The minimum atomic E-state index is -0.951. The molecule has 4 aromatic rings. The molecular weight excluding hydrogens is 797 g/mol. The minimum absolute atomic E-state index is 0.0585. The number of hydrogen-bond donors (Lipinski definition) is 0. The van der Waals surface area contributed by atoms with Crippen LogP contribution in [0, 0.1) is 0 Å². The van der Waals surface area contributed by atoms with Crippen LogP contribution >= 0.6 is 22.7 Å². The van der Waals surface area contributed by atoms with E-state index >= 15 is 0 Å². The Morgan fingerprint density at radius 2 is 0.850 bits per heavy atom. The van der Waals surface area contributed by atoms with E-state index in [1.807, 2.05) is 60.7 Å². The summed E-state index contributed by atoms with van der Waals surface area (Å²) >= 11 is 2.64. The molecule has 2 aromatic carbocycles. The van der Waals surface area contributed by atoms with Crippen molar-refractivity contribution in [3.63, 3.8) is 0 Å². The Morgan fingerprint density at radius 3 is 1.18 bits per heavy atom. The fraction of sp³-hybridized carbons (Fsp3) is 0.417. The molecule has 60 heavy (non-hydrogen) atoms. The largest absolute Gasteiger partial charge is 0.494 e. The van der Waals surface area contributed by atoms with E-state index < -0.39 is 35.2 Å². The van der Waals surface area contributed by atoms with Crippen molar-refractivity contribution < 1.29 is 38.1 Å². The third-order valence-corrected chi connectivity index (χ3v) is 11.9. The fourth-order valence-electron chi connectivity index (χ4n) is 6.84. The summed E-state index contributed by atoms with van der Waals surface area (Å²) in [6, 6.07) is 22.8. The van der Waals surface area contributed by atoms with Gasteiger partial charge in [0.05, 0.1) is 45.5 Å². The van der Waals surface area contributed by atoms with Crippen LogP contribution in [-0.4, -0.2) is 58.2 Å². The Morgan fingerprint density at radius 1 is 0.500 bits per heavy atom. The number of benzene rings is 2. The van der Waals surface area contributed by atoms with Gasteiger partial charge in [0.2, 0.25) is 0 Å². The number of carbonyl (C=O) groups excluding carboxylic acids is 4. The molecule has 0 N–H and O–H groups in total. The molecule has 0 spiro atoms. The smallest absolute Gasteiger partial charge is 0.422 e. The van der Waals surface area contributed by atoms with Crippen LogP contribution in [-0.2, 0) is 19.1 Å². The molecule has 0 unspecified atom stereocenters. The second kappa shape index (κ2) is 19.0. The Hall–Kier alpha value is -5.20. The van der Waals surface area contributed by atoms with Gasteiger partial charge in [-0.25, -0.2) is 19.4 Å². The molecule has 6 rings (SSSR count). The number of carbonyl (C=O) groups is 4. The number of imide groups is 2. The summed E-state index contributed by atoms with van der Waals surface area (Å²) in [6.07, 6.45) is 7.07. The first-order valence-electron chi connectivity index (χ1n) is 20.9. The van der Waals surface area contributed by atoms with Gasteiger partial charge in [0.25, 0.3) is 11.8 Å². The first-order chi connectivity index (χ1) is 28.6. The minimum Gasteiger partial charge on any atom is -0.494 e. The second-order valence-electron chi connectivity index (χ2n) is 16.9. The molecule has 2 aliphatic rings. The first kappa shape index (κ1) is 44.4. The number of thiophene rings is 2. The van der Waals surface area contributed by atoms with Gasteiger partial charge in [0.15, 0.2) is 0 Å². The summed E-state index contributed by atoms with van der Waals surface area (Å²) in [5.41, 5.74) is -0.132. The third-order valence-electron chi connectivity index (χ3n) is 9.65. The average Bonchev–Trinajstić information content (AvgIpc) is 3.98. The first-order valence-corrected chi connectivity index (χ1v) is 22.5. The lowest BCUT2D eigenvalue weighted by atomic mass is 10.1. The summed E-state index contributed by atoms with van der Waals surface area (Å²) < 4.78 is 23.5. The van der Waals surface area contributed by atoms with E-state index in [0.29, 0.717) is 23.0 Å². The monoisotopic (exact) mass is 852 g/mol. The van der Waals surface area contributed by atoms with Gasteiger partial charge in [-0.05, 0) is 138 Å². The van der Waals surface area contributed by atoms with E-state index in [2.05, 4.69) is 13.8 Å². The quantitative estimate of drug-likeness (QED) is 0.102. The second-order valence-corrected chi connectivity index (χ2v) is 19.1. The van der Waals surface area contributed by atoms with Gasteiger partial charge in [0.1, 0.15) is 22.7 Å². The van der Waals surface area contributed by atoms with Crippen LogP contribution in [0.1, 0.15) is 117 Å². The maximum atomic E-state index is 14.8. The highest BCUT2D eigenvalue weighted by Gasteiger charge is 2.54. The molecule has 0 aliphatic carbocycles. The maximum Gasteiger partial charge on any atom is 0.422 e. The number of ether oxygens (including phenoxy) is 4. The standard InChI is InChI=1S/C48H56N2O8S2/c1-9-11-13-15-29-55-33-21-17-31(18-22-33)35-25-27-37(59-35)41-39-40(44(52)49(41)45(53)57-47(3,4)5)42(50(43(39)51)46(54)58-48(6,7)8)38-28-26-36(60-38)32-19-23-34(24-20-32)56-30-16-14-12-10-2/h17-28H,9-16,29-30H2,1-8H3. The van der Waals surface area contributed by atoms with Gasteiger partial charge in [-0.2, -0.15) is 0 Å². The zero-order chi connectivity index (χ0) is 43.2. The van der Waals surface area contributed by atoms with Crippen molar-refractivity contribution in [3.8, 4) is 32.4 Å². The molecule has 10 nitrogen and oxygen atoms in total. The molecule has 0 fully saturated rings. The zero-order valence-electron chi connectivity index (χ0n) is 36.0. The van der Waals surface area contributed by atoms with Crippen LogP contribution in [0.4, 0.5) is 9.59 Å². The number of rotatable bonds is 16. The van der Waals surface area contributed by atoms with Crippen molar-refractivity contribution in [2.45, 2.75) is 118 Å². The molecule has 12 heteroatoms. The molecule has 4 heterocycles. The SMILES string of the molecule is CCCCCCOc1ccc(-c2ccc(C3=C4C(=O)N(C(=O)OC(C)(C)C)C(c5ccc(-c6ccc(OCCCCCC)cc6)s5)=C4C(=O)N3C(=O)OC(C)(C)C)s2)cc1. The molecule has 0 bridgehead atoms. The predicted octanol–water partition coefficient (Wildman–Crippen LogP) is 12.7. The summed E-state index contributed by atoms with van der Waals surface area (Å²) in [5.74, 6) is 0.00169. The number of nitrogens with zero attached hydrogens (tertiary/aromatic N) is 2. The highest BCUT2D eigenvalue weighted by Crippen LogP contribution is 2.50. The van der Waals surface area contributed by atoms with Gasteiger partial charge < -0.3 is 18.9 Å². The summed E-state index contributed by atoms with van der Waals surface area (Å²) in [4.78, 5) is 62.1. The van der Waals surface area contributed by atoms with Gasteiger partial charge >= 0.3 is 12.2 Å². The van der Waals surface area contributed by atoms with Crippen LogP contribution in [0.15, 0.2) is 83.9 Å². The van der Waals surface area contributed by atoms with E-state index in [9.17, 15) is 19.2 Å². The fourth-order valence-corrected chi connectivity index (χ4v) is 8.95. The van der Waals surface area contributed by atoms with Crippen LogP contribution in [0.3, 0.4) is 0 Å². The van der Waals surface area contributed by atoms with Crippen molar-refractivity contribution in [3.05, 3.63) is 93.7 Å². The lowest BCUT2D eigenvalue weighted by molar-refractivity contribution is -0.123. The van der Waals surface area contributed by atoms with E-state index in [4.69, 9.17) is 18.9 Å². The van der Waals surface area contributed by atoms with Crippen LogP contribution < -0.4 is 9.47 Å². The molecule has 318 valence electrons. The Labute approximate surface area is 361 Å². The van der Waals surface area contributed by atoms with Gasteiger partial charge in [-0.3, -0.25) is 9.59 Å². The third kappa shape index (κ3) is 10.4. The number of unbranched alkanes of at least 4 members (excludes halogenated alkanes) is 6. The number of fused-ring (bicyclic) bond motifs is 1. The zero-order valence-corrected chi connectivity index (χ0v) is 37.6. The average molecular weight is 853 g/mol. The molecule has 0 saturated carbocycles. The molecule has 0 radical (unpaired) electrons. The van der Waals surface area contributed by atoms with Gasteiger partial charge in [-0.1, -0.05) is 52.4 Å². The highest BCUT2D eigenvalue weighted by molar-refractivity contribution is 7.17. The maximum absolute atomic E-state index is 14.8. The lowest BCUT2D eigenvalue weighted by Crippen LogP contribution is -2.40. The van der Waals surface area contributed by atoms with Crippen LogP contribution in [0.25, 0.3) is 32.3 Å². The predicted molar refractivity (Wildman–Crippen MR) is 239 cm³/mol. The molecule has 4 amide bonds. The Bertz CT molecular complexity index is 2090. The Kier molecular flexibility index (Phi) is 14.1. The van der Waals surface area contributed by atoms with E-state index in [1.54, 1.807) is 53.7 Å². The molecule has 2 aromatic heterocycles. The van der Waals surface area contributed by atoms with Crippen molar-refractivity contribution in [1.29, 1.82) is 0 Å². The molecule has 0 saturated heterocycles. The summed E-state index contributed by atoms with van der Waals surface area (Å²) in [7, 11) is 0. The van der Waals surface area contributed by atoms with Crippen LogP contribution in [0.2, 0.25) is 0 Å². The Balaban J connectivity index is 1.40. The van der Waals surface area contributed by atoms with E-state index in [-0.39, 0.29) is 22.5 Å². The van der Waals surface area contributed by atoms with Crippen molar-refractivity contribution >= 4 is 58.1 Å². The summed E-state index contributed by atoms with van der Waals surface area (Å²) in [6.45, 7) is 15.9. The van der Waals surface area contributed by atoms with E-state index in [1.165, 1.54) is 35.5 Å². The normalized spacial score (nSPS) is 14.3. The topological polar surface area (TPSA) is 112 Å². The van der Waals surface area contributed by atoms with Gasteiger partial charge in [-0.15, -0.1) is 22.7 Å². The lowest BCUT2D eigenvalue weighted by Gasteiger charge is -2.27. The molecule has 0 atom stereocenters. The van der Waals surface area contributed by atoms with Crippen LogP contribution in [0.5, 0.6) is 11.5 Å². The highest BCUT2D eigenvalue weighted by atomic mass is 32.1. The van der Waals surface area contributed by atoms with Gasteiger partial charge in [0, 0.05) is 9.75 Å². The number of amides is 4. The van der Waals surface area contributed by atoms with Crippen molar-refractivity contribution in [1.82, 2.24) is 9.80 Å². The molecular formula is C48H56N2O8S2. The van der Waals surface area contributed by atoms with E-state index in [0.717, 1.165) is 80.7 Å². The van der Waals surface area contributed by atoms with Crippen molar-refractivity contribution in [2.24, 2.45) is 0 Å². The molecule has 2 aliphatic heterocycles.